The van der Waals surface area contributed by atoms with Crippen molar-refractivity contribution in [2.75, 3.05) is 26.6 Å². The number of thiocarbonyl (C=S) groups is 1. The zero-order chi connectivity index (χ0) is 25.7. The van der Waals surface area contributed by atoms with Gasteiger partial charge in [-0.05, 0) is 36.2 Å². The Morgan fingerprint density at radius 3 is 2.75 bits per heavy atom. The Kier molecular flexibility index (Phi) is 8.77. The van der Waals surface area contributed by atoms with Crippen molar-refractivity contribution in [1.29, 1.82) is 0 Å². The molecule has 0 aliphatic carbocycles. The van der Waals surface area contributed by atoms with E-state index in [4.69, 9.17) is 42.4 Å². The summed E-state index contributed by atoms with van der Waals surface area (Å²) in [6, 6.07) is 11.6. The predicted molar refractivity (Wildman–Crippen MR) is 146 cm³/mol. The van der Waals surface area contributed by atoms with Gasteiger partial charge in [-0.2, -0.15) is 0 Å². The molecule has 0 saturated heterocycles. The molecule has 2 aromatic carbocycles. The van der Waals surface area contributed by atoms with Gasteiger partial charge in [-0.3, -0.25) is 4.79 Å². The largest absolute Gasteiger partial charge is 0.493 e. The molecule has 2 atom stereocenters. The number of rotatable bonds is 9. The number of fused-ring (bicyclic) bond motifs is 1. The van der Waals surface area contributed by atoms with Crippen LogP contribution in [0.3, 0.4) is 0 Å². The van der Waals surface area contributed by atoms with E-state index in [-0.39, 0.29) is 22.9 Å². The van der Waals surface area contributed by atoms with Crippen molar-refractivity contribution in [1.82, 2.24) is 4.98 Å². The number of esters is 1. The van der Waals surface area contributed by atoms with E-state index in [1.165, 1.54) is 7.11 Å². The Balaban J connectivity index is 1.59. The number of aromatic nitrogens is 1. The number of aryl methyl sites for hydroxylation is 2. The fourth-order valence-corrected chi connectivity index (χ4v) is 6.11. The van der Waals surface area contributed by atoms with Gasteiger partial charge >= 0.3 is 5.97 Å². The summed E-state index contributed by atoms with van der Waals surface area (Å²) in [6.07, 6.45) is 3.67. The second-order valence-corrected chi connectivity index (χ2v) is 10.3. The second-order valence-electron chi connectivity index (χ2n) is 8.14. The third kappa shape index (κ3) is 5.96. The van der Waals surface area contributed by atoms with E-state index in [1.807, 2.05) is 36.4 Å². The van der Waals surface area contributed by atoms with Crippen LogP contribution in [0.5, 0.6) is 11.5 Å². The molecule has 7 nitrogen and oxygen atoms in total. The van der Waals surface area contributed by atoms with Crippen LogP contribution in [-0.4, -0.2) is 42.5 Å². The van der Waals surface area contributed by atoms with E-state index < -0.39 is 0 Å². The lowest BCUT2D eigenvalue weighted by molar-refractivity contribution is -0.140. The van der Waals surface area contributed by atoms with Crippen LogP contribution in [0.2, 0.25) is 5.02 Å². The molecule has 10 heteroatoms. The van der Waals surface area contributed by atoms with Crippen LogP contribution in [0.1, 0.15) is 40.9 Å². The lowest BCUT2D eigenvalue weighted by Gasteiger charge is -2.23. The maximum absolute atomic E-state index is 11.4. The fourth-order valence-electron chi connectivity index (χ4n) is 4.10. The molecule has 1 aromatic heterocycles. The number of methoxy groups -OCH3 is 3. The van der Waals surface area contributed by atoms with Gasteiger partial charge in [0.25, 0.3) is 0 Å². The molecule has 36 heavy (non-hydrogen) atoms. The highest BCUT2D eigenvalue weighted by Gasteiger charge is 2.32. The average Bonchev–Trinajstić information content (AvgIpc) is 3.30. The molecule has 2 heterocycles. The monoisotopic (exact) mass is 546 g/mol. The number of anilines is 1. The summed E-state index contributed by atoms with van der Waals surface area (Å²) in [5, 5.41) is 3.93. The Morgan fingerprint density at radius 1 is 1.17 bits per heavy atom. The SMILES string of the molecule is COC(=O)CCc1cnc(CC[C@@H]2S[C@@H](c3cccc(OC)c3OC)c3cc(Cl)ccc3NC2=S)o1. The van der Waals surface area contributed by atoms with Crippen LogP contribution in [-0.2, 0) is 22.4 Å². The number of benzene rings is 2. The summed E-state index contributed by atoms with van der Waals surface area (Å²) < 4.78 is 21.9. The van der Waals surface area contributed by atoms with Gasteiger partial charge < -0.3 is 23.9 Å². The highest BCUT2D eigenvalue weighted by molar-refractivity contribution is 8.02. The first kappa shape index (κ1) is 26.3. The van der Waals surface area contributed by atoms with Crippen molar-refractivity contribution in [3.8, 4) is 11.5 Å². The van der Waals surface area contributed by atoms with Crippen LogP contribution >= 0.6 is 35.6 Å². The van der Waals surface area contributed by atoms with Gasteiger partial charge in [-0.15, -0.1) is 11.8 Å². The maximum atomic E-state index is 11.4. The number of carbonyl (C=O) groups is 1. The summed E-state index contributed by atoms with van der Waals surface area (Å²) in [5.41, 5.74) is 2.91. The number of hydrogen-bond donors (Lipinski definition) is 1. The van der Waals surface area contributed by atoms with Crippen molar-refractivity contribution < 1.29 is 23.4 Å². The Labute approximate surface area is 224 Å². The lowest BCUT2D eigenvalue weighted by Crippen LogP contribution is -2.22. The average molecular weight is 547 g/mol. The molecule has 4 rings (SSSR count). The van der Waals surface area contributed by atoms with E-state index in [0.717, 1.165) is 21.8 Å². The molecule has 3 aromatic rings. The first-order valence-electron chi connectivity index (χ1n) is 11.4. The van der Waals surface area contributed by atoms with Crippen molar-refractivity contribution in [2.45, 2.75) is 36.2 Å². The van der Waals surface area contributed by atoms with Crippen LogP contribution < -0.4 is 14.8 Å². The number of oxazole rings is 1. The molecule has 0 spiro atoms. The number of carbonyl (C=O) groups excluding carboxylic acids is 1. The number of halogens is 1. The van der Waals surface area contributed by atoms with Crippen LogP contribution in [0.25, 0.3) is 0 Å². The Bertz CT molecular complexity index is 1250. The number of thioether (sulfide) groups is 1. The summed E-state index contributed by atoms with van der Waals surface area (Å²) in [4.78, 5) is 16.5. The van der Waals surface area contributed by atoms with Crippen molar-refractivity contribution in [2.24, 2.45) is 0 Å². The van der Waals surface area contributed by atoms with Crippen LogP contribution in [0.4, 0.5) is 5.69 Å². The molecule has 0 saturated carbocycles. The van der Waals surface area contributed by atoms with Gasteiger partial charge in [-0.25, -0.2) is 4.98 Å². The zero-order valence-corrected chi connectivity index (χ0v) is 22.6. The normalized spacial score (nSPS) is 17.1. The van der Waals surface area contributed by atoms with Crippen molar-refractivity contribution >= 4 is 52.2 Å². The molecule has 0 bridgehead atoms. The third-order valence-electron chi connectivity index (χ3n) is 5.89. The molecule has 0 amide bonds. The van der Waals surface area contributed by atoms with Gasteiger partial charge in [0.1, 0.15) is 5.76 Å². The Morgan fingerprint density at radius 2 is 2.00 bits per heavy atom. The molecule has 0 unspecified atom stereocenters. The molecule has 190 valence electrons. The fraction of sp³-hybridized carbons (Fsp3) is 0.346. The predicted octanol–water partition coefficient (Wildman–Crippen LogP) is 6.03. The first-order valence-corrected chi connectivity index (χ1v) is 13.1. The van der Waals surface area contributed by atoms with Crippen LogP contribution in [0, 0.1) is 0 Å². The zero-order valence-electron chi connectivity index (χ0n) is 20.2. The van der Waals surface area contributed by atoms with Crippen LogP contribution in [0.15, 0.2) is 47.0 Å². The first-order chi connectivity index (χ1) is 17.4. The molecule has 1 N–H and O–H groups in total. The van der Waals surface area contributed by atoms with Crippen molar-refractivity contribution in [3.63, 3.8) is 0 Å². The minimum atomic E-state index is -0.280. The van der Waals surface area contributed by atoms with Gasteiger partial charge in [0.15, 0.2) is 17.4 Å². The quantitative estimate of drug-likeness (QED) is 0.255. The smallest absolute Gasteiger partial charge is 0.305 e. The number of para-hydroxylation sites is 1. The molecule has 1 aliphatic rings. The maximum Gasteiger partial charge on any atom is 0.305 e. The molecule has 0 fully saturated rings. The second kappa shape index (κ2) is 12.0. The lowest BCUT2D eigenvalue weighted by atomic mass is 10.0. The number of nitrogens with one attached hydrogen (secondary N) is 1. The third-order valence-corrected chi connectivity index (χ3v) is 8.24. The van der Waals surface area contributed by atoms with Gasteiger partial charge in [0.2, 0.25) is 0 Å². The minimum Gasteiger partial charge on any atom is -0.493 e. The van der Waals surface area contributed by atoms with Gasteiger partial charge in [0, 0.05) is 29.1 Å². The standard InChI is InChI=1S/C26H27ClN2O5S2/c1-31-20-6-4-5-17(24(20)33-3)25-18-13-15(27)7-9-19(18)29-26(35)21(36-25)10-11-22-28-14-16(34-22)8-12-23(30)32-2/h4-7,9,13-14,21,25H,8,10-12H2,1-3H3,(H,29,35)/t21-,25-/m0/s1. The van der Waals surface area contributed by atoms with Crippen molar-refractivity contribution in [3.05, 3.63) is 70.4 Å². The summed E-state index contributed by atoms with van der Waals surface area (Å²) in [7, 11) is 4.64. The molecular formula is C26H27ClN2O5S2. The summed E-state index contributed by atoms with van der Waals surface area (Å²) in [5.74, 6) is 2.33. The summed E-state index contributed by atoms with van der Waals surface area (Å²) >= 11 is 14.0. The van der Waals surface area contributed by atoms with E-state index in [2.05, 4.69) is 10.3 Å². The minimum absolute atomic E-state index is 0.0301. The van der Waals surface area contributed by atoms with E-state index >= 15 is 0 Å². The van der Waals surface area contributed by atoms with Gasteiger partial charge in [0.05, 0.1) is 49.4 Å². The number of nitrogens with zero attached hydrogens (tertiary/aromatic N) is 1. The van der Waals surface area contributed by atoms with E-state index in [1.54, 1.807) is 32.2 Å². The number of ether oxygens (including phenoxy) is 3. The topological polar surface area (TPSA) is 82.8 Å². The number of hydrogen-bond acceptors (Lipinski definition) is 8. The Hall–Kier alpha value is -2.75. The molecule has 1 aliphatic heterocycles. The molecule has 0 radical (unpaired) electrons. The van der Waals surface area contributed by atoms with E-state index in [9.17, 15) is 4.79 Å². The van der Waals surface area contributed by atoms with Gasteiger partial charge in [-0.1, -0.05) is 36.0 Å². The summed E-state index contributed by atoms with van der Waals surface area (Å²) in [6.45, 7) is 0. The van der Waals surface area contributed by atoms with E-state index in [0.29, 0.717) is 47.4 Å². The highest BCUT2D eigenvalue weighted by Crippen LogP contribution is 2.50. The molecular weight excluding hydrogens is 520 g/mol. The highest BCUT2D eigenvalue weighted by atomic mass is 35.5.